The van der Waals surface area contributed by atoms with Crippen molar-refractivity contribution in [2.75, 3.05) is 16.4 Å². The lowest BCUT2D eigenvalue weighted by molar-refractivity contribution is 0.601. The Balaban J connectivity index is 1.98. The number of para-hydroxylation sites is 1. The molecule has 3 rings (SSSR count). The summed E-state index contributed by atoms with van der Waals surface area (Å²) in [5.74, 6) is 0.478. The molecule has 90 valence electrons. The number of thioether (sulfide) groups is 1. The van der Waals surface area contributed by atoms with Crippen molar-refractivity contribution >= 4 is 43.8 Å². The Hall–Kier alpha value is -0.590. The van der Waals surface area contributed by atoms with Gasteiger partial charge in [-0.1, -0.05) is 42.2 Å². The van der Waals surface area contributed by atoms with E-state index in [0.717, 1.165) is 10.0 Å². The van der Waals surface area contributed by atoms with E-state index in [4.69, 9.17) is 12.2 Å². The summed E-state index contributed by atoms with van der Waals surface area (Å²) in [6.07, 6.45) is 0. The van der Waals surface area contributed by atoms with Crippen molar-refractivity contribution in [2.24, 2.45) is 0 Å². The van der Waals surface area contributed by atoms with Gasteiger partial charge in [-0.3, -0.25) is 0 Å². The average molecular weight is 285 g/mol. The molecule has 0 radical (unpaired) electrons. The molecular formula is C11H11NO2S3. The van der Waals surface area contributed by atoms with E-state index in [1.54, 1.807) is 0 Å². The molecule has 2 heterocycles. The van der Waals surface area contributed by atoms with Gasteiger partial charge in [-0.2, -0.15) is 0 Å². The van der Waals surface area contributed by atoms with Crippen molar-refractivity contribution in [3.63, 3.8) is 0 Å². The molecule has 0 unspecified atom stereocenters. The number of rotatable bonds is 1. The molecule has 2 fully saturated rings. The molecule has 2 atom stereocenters. The third kappa shape index (κ3) is 1.98. The second-order valence-electron chi connectivity index (χ2n) is 4.27. The van der Waals surface area contributed by atoms with Crippen molar-refractivity contribution in [1.29, 1.82) is 0 Å². The molecule has 1 aromatic rings. The van der Waals surface area contributed by atoms with Crippen LogP contribution >= 0.6 is 24.0 Å². The molecule has 0 aromatic heterocycles. The zero-order valence-corrected chi connectivity index (χ0v) is 11.4. The quantitative estimate of drug-likeness (QED) is 0.734. The van der Waals surface area contributed by atoms with Crippen LogP contribution in [-0.4, -0.2) is 35.5 Å². The van der Waals surface area contributed by atoms with E-state index >= 15 is 0 Å². The molecule has 0 saturated carbocycles. The van der Waals surface area contributed by atoms with E-state index in [9.17, 15) is 8.42 Å². The molecule has 2 saturated heterocycles. The smallest absolute Gasteiger partial charge is 0.153 e. The summed E-state index contributed by atoms with van der Waals surface area (Å²) >= 11 is 6.87. The lowest BCUT2D eigenvalue weighted by atomic mass is 10.2. The fraction of sp³-hybridized carbons (Fsp3) is 0.364. The van der Waals surface area contributed by atoms with Gasteiger partial charge in [-0.25, -0.2) is 8.42 Å². The van der Waals surface area contributed by atoms with Crippen LogP contribution in [0, 0.1) is 0 Å². The number of nitrogens with zero attached hydrogens (tertiary/aromatic N) is 1. The summed E-state index contributed by atoms with van der Waals surface area (Å²) in [5.41, 5.74) is 0.995. The third-order valence-electron chi connectivity index (χ3n) is 3.09. The lowest BCUT2D eigenvalue weighted by Gasteiger charge is -2.23. The minimum Gasteiger partial charge on any atom is -0.322 e. The van der Waals surface area contributed by atoms with E-state index in [-0.39, 0.29) is 22.8 Å². The number of anilines is 1. The van der Waals surface area contributed by atoms with Crippen LogP contribution in [0.2, 0.25) is 0 Å². The van der Waals surface area contributed by atoms with Gasteiger partial charge in [-0.05, 0) is 12.1 Å². The monoisotopic (exact) mass is 285 g/mol. The Bertz CT molecular complexity index is 555. The summed E-state index contributed by atoms with van der Waals surface area (Å²) in [5, 5.41) is 0.104. The molecule has 6 heteroatoms. The molecule has 0 bridgehead atoms. The van der Waals surface area contributed by atoms with Crippen molar-refractivity contribution in [1.82, 2.24) is 0 Å². The van der Waals surface area contributed by atoms with E-state index in [1.165, 1.54) is 11.8 Å². The van der Waals surface area contributed by atoms with Gasteiger partial charge in [0.1, 0.15) is 4.32 Å². The minimum absolute atomic E-state index is 0.0138. The van der Waals surface area contributed by atoms with E-state index < -0.39 is 9.84 Å². The molecule has 0 amide bonds. The van der Waals surface area contributed by atoms with Crippen LogP contribution in [0.4, 0.5) is 5.69 Å². The predicted molar refractivity (Wildman–Crippen MR) is 75.3 cm³/mol. The summed E-state index contributed by atoms with van der Waals surface area (Å²) in [6.45, 7) is 0. The Kier molecular flexibility index (Phi) is 2.68. The summed E-state index contributed by atoms with van der Waals surface area (Å²) in [7, 11) is -2.89. The summed E-state index contributed by atoms with van der Waals surface area (Å²) in [4.78, 5) is 2.00. The first-order valence-electron chi connectivity index (χ1n) is 5.32. The van der Waals surface area contributed by atoms with Gasteiger partial charge < -0.3 is 4.90 Å². The highest BCUT2D eigenvalue weighted by atomic mass is 32.2. The number of hydrogen-bond donors (Lipinski definition) is 0. The van der Waals surface area contributed by atoms with Crippen LogP contribution in [0.25, 0.3) is 0 Å². The maximum atomic E-state index is 11.6. The molecule has 17 heavy (non-hydrogen) atoms. The Morgan fingerprint density at radius 3 is 2.65 bits per heavy atom. The van der Waals surface area contributed by atoms with Crippen molar-refractivity contribution in [3.05, 3.63) is 30.3 Å². The fourth-order valence-electron chi connectivity index (χ4n) is 2.36. The Morgan fingerprint density at radius 1 is 1.24 bits per heavy atom. The molecule has 1 aromatic carbocycles. The molecule has 2 aliphatic heterocycles. The summed E-state index contributed by atoms with van der Waals surface area (Å²) < 4.78 is 24.1. The second kappa shape index (κ2) is 3.96. The number of benzene rings is 1. The first-order valence-corrected chi connectivity index (χ1v) is 8.43. The number of fused-ring (bicyclic) bond motifs is 1. The van der Waals surface area contributed by atoms with Crippen LogP contribution in [0.5, 0.6) is 0 Å². The maximum Gasteiger partial charge on any atom is 0.153 e. The molecule has 0 N–H and O–H groups in total. The van der Waals surface area contributed by atoms with Gasteiger partial charge in [0, 0.05) is 10.9 Å². The zero-order valence-electron chi connectivity index (χ0n) is 8.94. The largest absolute Gasteiger partial charge is 0.322 e. The van der Waals surface area contributed by atoms with Crippen molar-refractivity contribution in [3.8, 4) is 0 Å². The summed E-state index contributed by atoms with van der Waals surface area (Å²) in [6, 6.07) is 9.79. The van der Waals surface area contributed by atoms with Gasteiger partial charge in [-0.15, -0.1) is 0 Å². The Morgan fingerprint density at radius 2 is 1.94 bits per heavy atom. The third-order valence-corrected chi connectivity index (χ3v) is 6.68. The van der Waals surface area contributed by atoms with Gasteiger partial charge in [0.25, 0.3) is 0 Å². The van der Waals surface area contributed by atoms with Gasteiger partial charge in [0.2, 0.25) is 0 Å². The van der Waals surface area contributed by atoms with Crippen LogP contribution in [0.3, 0.4) is 0 Å². The standard InChI is InChI=1S/C11H11NO2S3/c13-17(14)6-9-10(7-17)16-11(15)12(9)8-4-2-1-3-5-8/h1-5,9-10H,6-7H2/t9-,10-/m0/s1. The maximum absolute atomic E-state index is 11.6. The first kappa shape index (κ1) is 11.5. The SMILES string of the molecule is O=S1(=O)C[C@@H]2SC(=S)N(c3ccccc3)[C@H]2C1. The number of sulfone groups is 1. The average Bonchev–Trinajstić information content (AvgIpc) is 2.69. The van der Waals surface area contributed by atoms with Crippen LogP contribution in [-0.2, 0) is 9.84 Å². The molecular weight excluding hydrogens is 274 g/mol. The number of hydrogen-bond acceptors (Lipinski definition) is 4. The van der Waals surface area contributed by atoms with Gasteiger partial charge in [0.05, 0.1) is 17.5 Å². The predicted octanol–water partition coefficient (Wildman–Crippen LogP) is 1.69. The van der Waals surface area contributed by atoms with Gasteiger partial charge in [0.15, 0.2) is 9.84 Å². The fourth-order valence-corrected chi connectivity index (χ4v) is 6.73. The topological polar surface area (TPSA) is 37.4 Å². The lowest BCUT2D eigenvalue weighted by Crippen LogP contribution is -2.36. The van der Waals surface area contributed by atoms with Gasteiger partial charge >= 0.3 is 0 Å². The highest BCUT2D eigenvalue weighted by Crippen LogP contribution is 2.40. The Labute approximate surface area is 110 Å². The van der Waals surface area contributed by atoms with Crippen LogP contribution in [0.15, 0.2) is 30.3 Å². The minimum atomic E-state index is -2.89. The first-order chi connectivity index (χ1) is 8.07. The molecule has 0 spiro atoms. The van der Waals surface area contributed by atoms with E-state index in [2.05, 4.69) is 0 Å². The molecule has 3 nitrogen and oxygen atoms in total. The van der Waals surface area contributed by atoms with E-state index in [1.807, 2.05) is 35.2 Å². The molecule has 2 aliphatic rings. The van der Waals surface area contributed by atoms with Crippen LogP contribution in [0.1, 0.15) is 0 Å². The van der Waals surface area contributed by atoms with Crippen LogP contribution < -0.4 is 4.90 Å². The van der Waals surface area contributed by atoms with Crippen molar-refractivity contribution < 1.29 is 8.42 Å². The number of thiocarbonyl (C=S) groups is 1. The highest BCUT2D eigenvalue weighted by Gasteiger charge is 2.48. The highest BCUT2D eigenvalue weighted by molar-refractivity contribution is 8.24. The normalized spacial score (nSPS) is 30.6. The second-order valence-corrected chi connectivity index (χ2v) is 8.30. The van der Waals surface area contributed by atoms with Crippen molar-refractivity contribution in [2.45, 2.75) is 11.3 Å². The van der Waals surface area contributed by atoms with E-state index in [0.29, 0.717) is 0 Å². The molecule has 0 aliphatic carbocycles. The zero-order chi connectivity index (χ0) is 12.0.